The number of hydrogen-bond acceptors (Lipinski definition) is 4. The molecule has 2 fully saturated rings. The summed E-state index contributed by atoms with van der Waals surface area (Å²) in [7, 11) is 0. The summed E-state index contributed by atoms with van der Waals surface area (Å²) in [6, 6.07) is 7.91. The van der Waals surface area contributed by atoms with Crippen LogP contribution < -0.4 is 5.73 Å². The molecule has 1 aliphatic carbocycles. The first-order valence-corrected chi connectivity index (χ1v) is 12.6. The summed E-state index contributed by atoms with van der Waals surface area (Å²) < 4.78 is 16.0. The highest BCUT2D eigenvalue weighted by atomic mass is 19.1. The molecule has 1 aromatic heterocycles. The predicted octanol–water partition coefficient (Wildman–Crippen LogP) is 3.38. The molecule has 4 rings (SSSR count). The average Bonchev–Trinajstić information content (AvgIpc) is 3.18. The van der Waals surface area contributed by atoms with Crippen molar-refractivity contribution in [2.24, 2.45) is 11.7 Å². The first-order valence-electron chi connectivity index (χ1n) is 12.6. The van der Waals surface area contributed by atoms with E-state index in [-0.39, 0.29) is 36.2 Å². The number of amides is 2. The Balaban J connectivity index is 1.40. The zero-order valence-corrected chi connectivity index (χ0v) is 20.5. The molecule has 1 aromatic carbocycles. The van der Waals surface area contributed by atoms with Gasteiger partial charge in [0.2, 0.25) is 5.91 Å². The van der Waals surface area contributed by atoms with Crippen molar-refractivity contribution in [2.45, 2.75) is 52.0 Å². The van der Waals surface area contributed by atoms with Crippen molar-refractivity contribution in [2.75, 3.05) is 32.7 Å². The van der Waals surface area contributed by atoms with E-state index in [4.69, 9.17) is 5.73 Å². The molecule has 2 N–H and O–H groups in total. The number of halogens is 1. The quantitative estimate of drug-likeness (QED) is 0.585. The summed E-state index contributed by atoms with van der Waals surface area (Å²) in [6.45, 7) is 4.49. The number of benzene rings is 1. The van der Waals surface area contributed by atoms with Gasteiger partial charge in [0.15, 0.2) is 5.78 Å². The lowest BCUT2D eigenvalue weighted by molar-refractivity contribution is -0.134. The van der Waals surface area contributed by atoms with Crippen molar-refractivity contribution in [1.82, 2.24) is 14.4 Å². The van der Waals surface area contributed by atoms with Crippen LogP contribution in [0.3, 0.4) is 0 Å². The second-order valence-corrected chi connectivity index (χ2v) is 9.86. The summed E-state index contributed by atoms with van der Waals surface area (Å²) in [6.07, 6.45) is 6.67. The summed E-state index contributed by atoms with van der Waals surface area (Å²) >= 11 is 0. The molecule has 1 saturated heterocycles. The van der Waals surface area contributed by atoms with E-state index in [0.29, 0.717) is 55.5 Å². The van der Waals surface area contributed by atoms with Crippen LogP contribution in [0.15, 0.2) is 30.3 Å². The highest BCUT2D eigenvalue weighted by Crippen LogP contribution is 2.27. The Hall–Kier alpha value is -3.00. The Morgan fingerprint density at radius 2 is 1.71 bits per heavy atom. The second-order valence-electron chi connectivity index (χ2n) is 9.86. The number of Topliss-reactive ketones (excluding diaryl/α,β-unsaturated/α-hetero) is 1. The van der Waals surface area contributed by atoms with Gasteiger partial charge < -0.3 is 15.2 Å². The van der Waals surface area contributed by atoms with Crippen LogP contribution in [0.2, 0.25) is 0 Å². The van der Waals surface area contributed by atoms with Crippen molar-refractivity contribution in [3.63, 3.8) is 0 Å². The van der Waals surface area contributed by atoms with E-state index in [1.165, 1.54) is 31.4 Å². The van der Waals surface area contributed by atoms with E-state index in [2.05, 4.69) is 0 Å². The molecule has 0 spiro atoms. The Kier molecular flexibility index (Phi) is 8.00. The van der Waals surface area contributed by atoms with E-state index in [1.807, 2.05) is 9.80 Å². The fraction of sp³-hybridized carbons (Fsp3) is 0.519. The average molecular weight is 483 g/mol. The first kappa shape index (κ1) is 25.1. The van der Waals surface area contributed by atoms with Crippen LogP contribution in [0, 0.1) is 18.7 Å². The summed E-state index contributed by atoms with van der Waals surface area (Å²) in [5.41, 5.74) is 7.11. The van der Waals surface area contributed by atoms with Gasteiger partial charge in [0.25, 0.3) is 5.91 Å². The van der Waals surface area contributed by atoms with Crippen molar-refractivity contribution >= 4 is 17.6 Å². The third-order valence-corrected chi connectivity index (χ3v) is 7.48. The molecule has 1 aliphatic heterocycles. The SMILES string of the molecule is Cc1c(C(N)=O)cc(C(=O)CN2CCN(C(=O)CC3CCCCC3)CC2)n1Cc1ccccc1F. The van der Waals surface area contributed by atoms with Gasteiger partial charge in [-0.25, -0.2) is 4.39 Å². The molecule has 0 radical (unpaired) electrons. The minimum absolute atomic E-state index is 0.135. The largest absolute Gasteiger partial charge is 0.366 e. The van der Waals surface area contributed by atoms with Gasteiger partial charge in [-0.2, -0.15) is 0 Å². The molecule has 2 aromatic rings. The van der Waals surface area contributed by atoms with E-state index in [1.54, 1.807) is 29.7 Å². The summed E-state index contributed by atoms with van der Waals surface area (Å²) in [5, 5.41) is 0. The van der Waals surface area contributed by atoms with Crippen LogP contribution in [-0.4, -0.2) is 64.7 Å². The lowest BCUT2D eigenvalue weighted by atomic mass is 9.86. The molecule has 2 aliphatic rings. The molecule has 7 nitrogen and oxygen atoms in total. The van der Waals surface area contributed by atoms with Gasteiger partial charge in [0.1, 0.15) is 5.82 Å². The van der Waals surface area contributed by atoms with Gasteiger partial charge in [0, 0.05) is 43.9 Å². The molecular weight excluding hydrogens is 447 g/mol. The molecule has 188 valence electrons. The summed E-state index contributed by atoms with van der Waals surface area (Å²) in [5.74, 6) is -0.398. The smallest absolute Gasteiger partial charge is 0.250 e. The van der Waals surface area contributed by atoms with Crippen molar-refractivity contribution < 1.29 is 18.8 Å². The van der Waals surface area contributed by atoms with E-state index in [0.717, 1.165) is 12.8 Å². The maximum Gasteiger partial charge on any atom is 0.250 e. The lowest BCUT2D eigenvalue weighted by Crippen LogP contribution is -2.50. The lowest BCUT2D eigenvalue weighted by Gasteiger charge is -2.35. The van der Waals surface area contributed by atoms with Gasteiger partial charge in [0.05, 0.1) is 24.3 Å². The zero-order chi connectivity index (χ0) is 24.9. The highest BCUT2D eigenvalue weighted by Gasteiger charge is 2.27. The standard InChI is InChI=1S/C27H35FN4O3/c1-19-22(27(29)35)16-24(32(19)17-21-9-5-6-10-23(21)28)25(33)18-30-11-13-31(14-12-30)26(34)15-20-7-3-2-4-8-20/h5-6,9-10,16,20H,2-4,7-8,11-15,17-18H2,1H3,(H2,29,35). The maximum absolute atomic E-state index is 14.3. The third-order valence-electron chi connectivity index (χ3n) is 7.48. The number of aromatic nitrogens is 1. The number of carbonyl (C=O) groups is 3. The fourth-order valence-corrected chi connectivity index (χ4v) is 5.33. The number of primary amides is 1. The monoisotopic (exact) mass is 482 g/mol. The topological polar surface area (TPSA) is 88.6 Å². The van der Waals surface area contributed by atoms with E-state index in [9.17, 15) is 18.8 Å². The van der Waals surface area contributed by atoms with Crippen LogP contribution in [-0.2, 0) is 11.3 Å². The number of rotatable bonds is 8. The molecule has 2 heterocycles. The van der Waals surface area contributed by atoms with E-state index >= 15 is 0 Å². The number of hydrogen-bond donors (Lipinski definition) is 1. The molecule has 0 unspecified atom stereocenters. The molecule has 2 amide bonds. The van der Waals surface area contributed by atoms with Crippen LogP contribution in [0.25, 0.3) is 0 Å². The van der Waals surface area contributed by atoms with Gasteiger partial charge in [-0.15, -0.1) is 0 Å². The predicted molar refractivity (Wildman–Crippen MR) is 132 cm³/mol. The van der Waals surface area contributed by atoms with Crippen molar-refractivity contribution in [3.05, 3.63) is 58.7 Å². The molecule has 0 atom stereocenters. The minimum atomic E-state index is -0.617. The van der Waals surface area contributed by atoms with Crippen LogP contribution in [0.4, 0.5) is 4.39 Å². The van der Waals surface area contributed by atoms with Crippen molar-refractivity contribution in [3.8, 4) is 0 Å². The summed E-state index contributed by atoms with van der Waals surface area (Å²) in [4.78, 5) is 41.9. The number of ketones is 1. The van der Waals surface area contributed by atoms with Gasteiger partial charge in [-0.05, 0) is 37.8 Å². The maximum atomic E-state index is 14.3. The zero-order valence-electron chi connectivity index (χ0n) is 20.5. The second kappa shape index (κ2) is 11.2. The normalized spacial score (nSPS) is 17.5. The van der Waals surface area contributed by atoms with Gasteiger partial charge >= 0.3 is 0 Å². The molecule has 35 heavy (non-hydrogen) atoms. The number of nitrogens with two attached hydrogens (primary N) is 1. The molecular formula is C27H35FN4O3. The van der Waals surface area contributed by atoms with Gasteiger partial charge in [-0.1, -0.05) is 37.5 Å². The first-order chi connectivity index (χ1) is 16.8. The highest BCUT2D eigenvalue weighted by molar-refractivity contribution is 6.01. The fourth-order valence-electron chi connectivity index (χ4n) is 5.33. The van der Waals surface area contributed by atoms with Crippen LogP contribution >= 0.6 is 0 Å². The molecule has 0 bridgehead atoms. The van der Waals surface area contributed by atoms with Crippen LogP contribution in [0.1, 0.15) is 70.6 Å². The number of piperazine rings is 1. The Morgan fingerprint density at radius 3 is 2.37 bits per heavy atom. The van der Waals surface area contributed by atoms with E-state index < -0.39 is 5.91 Å². The molecule has 8 heteroatoms. The Morgan fingerprint density at radius 1 is 1.03 bits per heavy atom. The Bertz CT molecular complexity index is 1080. The number of carbonyl (C=O) groups excluding carboxylic acids is 3. The Labute approximate surface area is 206 Å². The minimum Gasteiger partial charge on any atom is -0.366 e. The van der Waals surface area contributed by atoms with Gasteiger partial charge in [-0.3, -0.25) is 19.3 Å². The molecule has 1 saturated carbocycles. The third kappa shape index (κ3) is 5.99. The van der Waals surface area contributed by atoms with Crippen LogP contribution in [0.5, 0.6) is 0 Å². The van der Waals surface area contributed by atoms with Crippen molar-refractivity contribution in [1.29, 1.82) is 0 Å². The number of nitrogens with zero attached hydrogens (tertiary/aromatic N) is 3.